The summed E-state index contributed by atoms with van der Waals surface area (Å²) in [4.78, 5) is 4.43. The Hall–Kier alpha value is -1.35. The van der Waals surface area contributed by atoms with Gasteiger partial charge in [-0.2, -0.15) is 0 Å². The first-order valence-electron chi connectivity index (χ1n) is 5.63. The summed E-state index contributed by atoms with van der Waals surface area (Å²) in [6.07, 6.45) is 3.64. The van der Waals surface area contributed by atoms with Gasteiger partial charge < -0.3 is 5.73 Å². The maximum Gasteiger partial charge on any atom is 0.180 e. The minimum absolute atomic E-state index is 0.457. The van der Waals surface area contributed by atoms with Crippen molar-refractivity contribution in [2.24, 2.45) is 0 Å². The minimum Gasteiger partial charge on any atom is -0.375 e. The van der Waals surface area contributed by atoms with Crippen molar-refractivity contribution in [1.29, 1.82) is 0 Å². The highest BCUT2D eigenvalue weighted by Crippen LogP contribution is 2.36. The van der Waals surface area contributed by atoms with Crippen LogP contribution in [0.2, 0.25) is 0 Å². The van der Waals surface area contributed by atoms with E-state index in [1.54, 1.807) is 0 Å². The van der Waals surface area contributed by atoms with Crippen molar-refractivity contribution in [3.8, 4) is 0 Å². The van der Waals surface area contributed by atoms with Crippen molar-refractivity contribution in [3.05, 3.63) is 46.5 Å². The summed E-state index contributed by atoms with van der Waals surface area (Å²) in [5.41, 5.74) is 9.78. The van der Waals surface area contributed by atoms with Crippen LogP contribution in [0.5, 0.6) is 0 Å². The SMILES string of the molecule is Nc1nc(C2CCCc3ccccc32)cs1. The summed E-state index contributed by atoms with van der Waals surface area (Å²) in [5.74, 6) is 0.457. The molecule has 1 unspecified atom stereocenters. The molecule has 82 valence electrons. The number of fused-ring (bicyclic) bond motifs is 1. The van der Waals surface area contributed by atoms with Crippen LogP contribution in [-0.4, -0.2) is 4.98 Å². The number of anilines is 1. The normalized spacial score (nSPS) is 19.4. The van der Waals surface area contributed by atoms with Gasteiger partial charge in [-0.25, -0.2) is 4.98 Å². The molecule has 2 nitrogen and oxygen atoms in total. The van der Waals surface area contributed by atoms with Crippen LogP contribution in [0, 0.1) is 0 Å². The van der Waals surface area contributed by atoms with Crippen LogP contribution in [0.3, 0.4) is 0 Å². The summed E-state index contributed by atoms with van der Waals surface area (Å²) in [6.45, 7) is 0. The van der Waals surface area contributed by atoms with Crippen LogP contribution < -0.4 is 5.73 Å². The zero-order valence-corrected chi connectivity index (χ0v) is 9.83. The Morgan fingerprint density at radius 3 is 3.00 bits per heavy atom. The van der Waals surface area contributed by atoms with Gasteiger partial charge >= 0.3 is 0 Å². The monoisotopic (exact) mass is 230 g/mol. The van der Waals surface area contributed by atoms with E-state index in [9.17, 15) is 0 Å². The molecule has 2 N–H and O–H groups in total. The summed E-state index contributed by atoms with van der Waals surface area (Å²) < 4.78 is 0. The first kappa shape index (κ1) is 9.85. The zero-order chi connectivity index (χ0) is 11.0. The molecule has 0 bridgehead atoms. The molecule has 1 atom stereocenters. The van der Waals surface area contributed by atoms with Gasteiger partial charge in [-0.05, 0) is 30.4 Å². The maximum absolute atomic E-state index is 5.71. The molecule has 3 heteroatoms. The molecule has 0 fully saturated rings. The van der Waals surface area contributed by atoms with Gasteiger partial charge in [-0.15, -0.1) is 11.3 Å². The molecule has 1 aromatic carbocycles. The molecule has 0 aliphatic heterocycles. The van der Waals surface area contributed by atoms with E-state index in [4.69, 9.17) is 5.73 Å². The highest BCUT2D eigenvalue weighted by atomic mass is 32.1. The second-order valence-corrected chi connectivity index (χ2v) is 5.14. The Kier molecular flexibility index (Phi) is 2.40. The van der Waals surface area contributed by atoms with Gasteiger partial charge in [-0.1, -0.05) is 24.3 Å². The molecular weight excluding hydrogens is 216 g/mol. The van der Waals surface area contributed by atoms with E-state index in [0.717, 1.165) is 5.69 Å². The molecule has 16 heavy (non-hydrogen) atoms. The van der Waals surface area contributed by atoms with E-state index >= 15 is 0 Å². The summed E-state index contributed by atoms with van der Waals surface area (Å²) in [5, 5.41) is 2.78. The third-order valence-electron chi connectivity index (χ3n) is 3.27. The fraction of sp³-hybridized carbons (Fsp3) is 0.308. The zero-order valence-electron chi connectivity index (χ0n) is 9.02. The van der Waals surface area contributed by atoms with Gasteiger partial charge in [-0.3, -0.25) is 0 Å². The second kappa shape index (κ2) is 3.91. The predicted molar refractivity (Wildman–Crippen MR) is 67.7 cm³/mol. The lowest BCUT2D eigenvalue weighted by atomic mass is 9.81. The quantitative estimate of drug-likeness (QED) is 0.817. The number of benzene rings is 1. The smallest absolute Gasteiger partial charge is 0.180 e. The topological polar surface area (TPSA) is 38.9 Å². The number of aromatic nitrogens is 1. The Bertz CT molecular complexity index is 504. The van der Waals surface area contributed by atoms with Crippen molar-refractivity contribution < 1.29 is 0 Å². The highest BCUT2D eigenvalue weighted by molar-refractivity contribution is 7.13. The van der Waals surface area contributed by atoms with Crippen molar-refractivity contribution in [2.75, 3.05) is 5.73 Å². The Morgan fingerprint density at radius 2 is 2.19 bits per heavy atom. The number of hydrogen-bond acceptors (Lipinski definition) is 3. The molecular formula is C13H14N2S. The first-order valence-corrected chi connectivity index (χ1v) is 6.51. The minimum atomic E-state index is 0.457. The summed E-state index contributed by atoms with van der Waals surface area (Å²) >= 11 is 1.54. The van der Waals surface area contributed by atoms with Gasteiger partial charge in [0.05, 0.1) is 5.69 Å². The Labute approximate surface area is 99.1 Å². The maximum atomic E-state index is 5.71. The van der Waals surface area contributed by atoms with Crippen LogP contribution in [-0.2, 0) is 6.42 Å². The molecule has 0 saturated carbocycles. The number of rotatable bonds is 1. The molecule has 2 aromatic rings. The molecule has 0 saturated heterocycles. The number of aryl methyl sites for hydroxylation is 1. The fourth-order valence-electron chi connectivity index (χ4n) is 2.52. The predicted octanol–water partition coefficient (Wildman–Crippen LogP) is 3.19. The second-order valence-electron chi connectivity index (χ2n) is 4.25. The number of nitrogens with two attached hydrogens (primary N) is 1. The molecule has 1 aliphatic rings. The molecule has 1 aliphatic carbocycles. The number of thiazole rings is 1. The van der Waals surface area contributed by atoms with Crippen LogP contribution in [0.4, 0.5) is 5.13 Å². The van der Waals surface area contributed by atoms with Crippen LogP contribution in [0.1, 0.15) is 35.6 Å². The van der Waals surface area contributed by atoms with Crippen LogP contribution in [0.25, 0.3) is 0 Å². The first-order chi connectivity index (χ1) is 7.84. The number of hydrogen-bond donors (Lipinski definition) is 1. The summed E-state index contributed by atoms with van der Waals surface area (Å²) in [6, 6.07) is 8.70. The Morgan fingerprint density at radius 1 is 1.31 bits per heavy atom. The van der Waals surface area contributed by atoms with Crippen LogP contribution >= 0.6 is 11.3 Å². The standard InChI is InChI=1S/C13H14N2S/c14-13-15-12(8-16-13)11-7-3-5-9-4-1-2-6-10(9)11/h1-2,4,6,8,11H,3,5,7H2,(H2,14,15). The molecule has 1 aromatic heterocycles. The van der Waals surface area contributed by atoms with E-state index in [1.807, 2.05) is 0 Å². The molecule has 0 spiro atoms. The number of nitrogen functional groups attached to an aromatic ring is 1. The van der Waals surface area contributed by atoms with E-state index in [0.29, 0.717) is 11.0 Å². The largest absolute Gasteiger partial charge is 0.375 e. The van der Waals surface area contributed by atoms with E-state index < -0.39 is 0 Å². The lowest BCUT2D eigenvalue weighted by Crippen LogP contribution is -2.11. The van der Waals surface area contributed by atoms with Crippen molar-refractivity contribution in [2.45, 2.75) is 25.2 Å². The summed E-state index contributed by atoms with van der Waals surface area (Å²) in [7, 11) is 0. The van der Waals surface area contributed by atoms with Gasteiger partial charge in [0.1, 0.15) is 0 Å². The average Bonchev–Trinajstić information content (AvgIpc) is 2.75. The lowest BCUT2D eigenvalue weighted by molar-refractivity contribution is 0.607. The molecule has 3 rings (SSSR count). The third kappa shape index (κ3) is 1.61. The number of nitrogens with zero attached hydrogens (tertiary/aromatic N) is 1. The van der Waals surface area contributed by atoms with Gasteiger partial charge in [0.15, 0.2) is 5.13 Å². The fourth-order valence-corrected chi connectivity index (χ4v) is 3.14. The Balaban J connectivity index is 2.04. The van der Waals surface area contributed by atoms with E-state index in [1.165, 1.54) is 41.7 Å². The molecule has 1 heterocycles. The van der Waals surface area contributed by atoms with Crippen LogP contribution in [0.15, 0.2) is 29.6 Å². The van der Waals surface area contributed by atoms with Gasteiger partial charge in [0, 0.05) is 11.3 Å². The third-order valence-corrected chi connectivity index (χ3v) is 3.96. The van der Waals surface area contributed by atoms with Gasteiger partial charge in [0.25, 0.3) is 0 Å². The lowest BCUT2D eigenvalue weighted by Gasteiger charge is -2.23. The van der Waals surface area contributed by atoms with E-state index in [2.05, 4.69) is 34.6 Å². The van der Waals surface area contributed by atoms with Crippen molar-refractivity contribution in [3.63, 3.8) is 0 Å². The van der Waals surface area contributed by atoms with Crippen molar-refractivity contribution in [1.82, 2.24) is 4.98 Å². The molecule has 0 amide bonds. The van der Waals surface area contributed by atoms with Gasteiger partial charge in [0.2, 0.25) is 0 Å². The average molecular weight is 230 g/mol. The highest BCUT2D eigenvalue weighted by Gasteiger charge is 2.22. The molecule has 0 radical (unpaired) electrons. The van der Waals surface area contributed by atoms with Crippen molar-refractivity contribution >= 4 is 16.5 Å². The van der Waals surface area contributed by atoms with E-state index in [-0.39, 0.29) is 0 Å².